The minimum absolute atomic E-state index is 0.0402. The molecular weight excluding hydrogens is 220 g/mol. The van der Waals surface area contributed by atoms with E-state index in [9.17, 15) is 9.59 Å². The molecule has 4 nitrogen and oxygen atoms in total. The third-order valence-electron chi connectivity index (χ3n) is 2.50. The molecule has 0 aliphatic carbocycles. The Hall–Kier alpha value is -1.32. The predicted octanol–water partition coefficient (Wildman–Crippen LogP) is 2.48. The molecule has 0 saturated carbocycles. The van der Waals surface area contributed by atoms with Crippen molar-refractivity contribution in [3.8, 4) is 0 Å². The van der Waals surface area contributed by atoms with Crippen molar-refractivity contribution in [3.63, 3.8) is 0 Å². The Bertz CT molecular complexity index is 277. The van der Waals surface area contributed by atoms with Crippen LogP contribution in [0.4, 0.5) is 0 Å². The SMILES string of the molecule is CCOC(=O)C=C(C(=O)OCC)C(CC)CC. The molecular formula is C13H22O4. The van der Waals surface area contributed by atoms with Crippen molar-refractivity contribution in [1.82, 2.24) is 0 Å². The van der Waals surface area contributed by atoms with Crippen LogP contribution in [0.25, 0.3) is 0 Å². The molecule has 0 radical (unpaired) electrons. The zero-order valence-electron chi connectivity index (χ0n) is 11.1. The number of carbonyl (C=O) groups is 2. The van der Waals surface area contributed by atoms with E-state index in [1.54, 1.807) is 13.8 Å². The van der Waals surface area contributed by atoms with E-state index in [0.29, 0.717) is 18.8 Å². The lowest BCUT2D eigenvalue weighted by molar-refractivity contribution is -0.141. The first-order valence-corrected chi connectivity index (χ1v) is 6.15. The van der Waals surface area contributed by atoms with E-state index in [2.05, 4.69) is 0 Å². The van der Waals surface area contributed by atoms with Crippen LogP contribution in [0.1, 0.15) is 40.5 Å². The summed E-state index contributed by atoms with van der Waals surface area (Å²) in [5.41, 5.74) is 0.412. The fraction of sp³-hybridized carbons (Fsp3) is 0.692. The smallest absolute Gasteiger partial charge is 0.334 e. The quantitative estimate of drug-likeness (QED) is 0.508. The predicted molar refractivity (Wildman–Crippen MR) is 65.4 cm³/mol. The number of ether oxygens (including phenoxy) is 2. The molecule has 0 spiro atoms. The van der Waals surface area contributed by atoms with Gasteiger partial charge in [-0.1, -0.05) is 13.8 Å². The van der Waals surface area contributed by atoms with Gasteiger partial charge in [0.15, 0.2) is 0 Å². The van der Waals surface area contributed by atoms with E-state index in [4.69, 9.17) is 9.47 Å². The summed E-state index contributed by atoms with van der Waals surface area (Å²) in [5, 5.41) is 0. The summed E-state index contributed by atoms with van der Waals surface area (Å²) in [6.45, 7) is 8.03. The van der Waals surface area contributed by atoms with Crippen molar-refractivity contribution in [1.29, 1.82) is 0 Å². The summed E-state index contributed by atoms with van der Waals surface area (Å²) in [5.74, 6) is -0.866. The second kappa shape index (κ2) is 8.79. The number of esters is 2. The highest BCUT2D eigenvalue weighted by molar-refractivity contribution is 5.96. The Morgan fingerprint density at radius 2 is 1.53 bits per heavy atom. The first-order chi connectivity index (χ1) is 8.10. The van der Waals surface area contributed by atoms with Crippen molar-refractivity contribution in [2.75, 3.05) is 13.2 Å². The highest BCUT2D eigenvalue weighted by Gasteiger charge is 2.20. The molecule has 0 fully saturated rings. The van der Waals surface area contributed by atoms with E-state index in [-0.39, 0.29) is 5.92 Å². The van der Waals surface area contributed by atoms with Gasteiger partial charge in [-0.3, -0.25) is 0 Å². The third kappa shape index (κ3) is 5.52. The number of hydrogen-bond donors (Lipinski definition) is 0. The molecule has 0 saturated heterocycles. The zero-order valence-corrected chi connectivity index (χ0v) is 11.1. The Morgan fingerprint density at radius 3 is 1.94 bits per heavy atom. The molecule has 4 heteroatoms. The number of rotatable bonds is 7. The molecule has 0 aromatic rings. The minimum Gasteiger partial charge on any atom is -0.463 e. The Balaban J connectivity index is 4.95. The van der Waals surface area contributed by atoms with Gasteiger partial charge in [-0.15, -0.1) is 0 Å². The fourth-order valence-corrected chi connectivity index (χ4v) is 1.60. The molecule has 0 unspecified atom stereocenters. The highest BCUT2D eigenvalue weighted by atomic mass is 16.5. The number of hydrogen-bond acceptors (Lipinski definition) is 4. The van der Waals surface area contributed by atoms with Crippen LogP contribution in [-0.4, -0.2) is 25.2 Å². The largest absolute Gasteiger partial charge is 0.463 e. The molecule has 0 heterocycles. The van der Waals surface area contributed by atoms with E-state index >= 15 is 0 Å². The van der Waals surface area contributed by atoms with Crippen LogP contribution in [0.15, 0.2) is 11.6 Å². The monoisotopic (exact) mass is 242 g/mol. The lowest BCUT2D eigenvalue weighted by Gasteiger charge is -2.15. The molecule has 17 heavy (non-hydrogen) atoms. The molecule has 0 rings (SSSR count). The average molecular weight is 242 g/mol. The van der Waals surface area contributed by atoms with Crippen LogP contribution in [0.5, 0.6) is 0 Å². The second-order valence-corrected chi connectivity index (χ2v) is 3.59. The van der Waals surface area contributed by atoms with Crippen LogP contribution in [0.2, 0.25) is 0 Å². The molecule has 98 valence electrons. The van der Waals surface area contributed by atoms with Crippen molar-refractivity contribution in [2.45, 2.75) is 40.5 Å². The van der Waals surface area contributed by atoms with Crippen molar-refractivity contribution in [3.05, 3.63) is 11.6 Å². The third-order valence-corrected chi connectivity index (χ3v) is 2.50. The van der Waals surface area contributed by atoms with Crippen LogP contribution < -0.4 is 0 Å². The fourth-order valence-electron chi connectivity index (χ4n) is 1.60. The van der Waals surface area contributed by atoms with Gasteiger partial charge in [-0.25, -0.2) is 9.59 Å². The average Bonchev–Trinajstić information content (AvgIpc) is 2.30. The van der Waals surface area contributed by atoms with Gasteiger partial charge in [0.1, 0.15) is 0 Å². The molecule has 0 amide bonds. The summed E-state index contributed by atoms with van der Waals surface area (Å²) in [6.07, 6.45) is 2.85. The van der Waals surface area contributed by atoms with Gasteiger partial charge < -0.3 is 9.47 Å². The molecule has 0 aromatic carbocycles. The van der Waals surface area contributed by atoms with Crippen LogP contribution >= 0.6 is 0 Å². The minimum atomic E-state index is -0.484. The molecule has 0 atom stereocenters. The van der Waals surface area contributed by atoms with Gasteiger partial charge in [0, 0.05) is 11.6 Å². The summed E-state index contributed by atoms with van der Waals surface area (Å²) >= 11 is 0. The van der Waals surface area contributed by atoms with Crippen molar-refractivity contribution >= 4 is 11.9 Å². The standard InChI is InChI=1S/C13H22O4/c1-5-10(6-2)11(13(15)17-8-4)9-12(14)16-7-3/h9-10H,5-8H2,1-4H3. The normalized spacial score (nSPS) is 11.5. The first kappa shape index (κ1) is 15.7. The Labute approximate surface area is 103 Å². The van der Waals surface area contributed by atoms with Crippen LogP contribution in [-0.2, 0) is 19.1 Å². The maximum absolute atomic E-state index is 11.7. The highest BCUT2D eigenvalue weighted by Crippen LogP contribution is 2.20. The summed E-state index contributed by atoms with van der Waals surface area (Å²) in [4.78, 5) is 23.1. The van der Waals surface area contributed by atoms with Crippen LogP contribution in [0, 0.1) is 5.92 Å². The van der Waals surface area contributed by atoms with E-state index < -0.39 is 11.9 Å². The van der Waals surface area contributed by atoms with Gasteiger partial charge in [0.05, 0.1) is 13.2 Å². The lowest BCUT2D eigenvalue weighted by Crippen LogP contribution is -2.17. The molecule has 0 aromatic heterocycles. The maximum atomic E-state index is 11.7. The zero-order chi connectivity index (χ0) is 13.3. The maximum Gasteiger partial charge on any atom is 0.334 e. The number of carbonyl (C=O) groups excluding carboxylic acids is 2. The molecule has 0 aliphatic heterocycles. The second-order valence-electron chi connectivity index (χ2n) is 3.59. The first-order valence-electron chi connectivity index (χ1n) is 6.15. The van der Waals surface area contributed by atoms with Crippen molar-refractivity contribution < 1.29 is 19.1 Å². The van der Waals surface area contributed by atoms with Crippen molar-refractivity contribution in [2.24, 2.45) is 5.92 Å². The molecule has 0 bridgehead atoms. The van der Waals surface area contributed by atoms with Gasteiger partial charge in [0.2, 0.25) is 0 Å². The van der Waals surface area contributed by atoms with Gasteiger partial charge >= 0.3 is 11.9 Å². The van der Waals surface area contributed by atoms with Gasteiger partial charge in [-0.2, -0.15) is 0 Å². The summed E-state index contributed by atoms with van der Waals surface area (Å²) in [6, 6.07) is 0. The summed E-state index contributed by atoms with van der Waals surface area (Å²) < 4.78 is 9.77. The lowest BCUT2D eigenvalue weighted by atomic mass is 9.93. The van der Waals surface area contributed by atoms with E-state index in [0.717, 1.165) is 12.8 Å². The van der Waals surface area contributed by atoms with Gasteiger partial charge in [-0.05, 0) is 32.6 Å². The Kier molecular flexibility index (Phi) is 8.11. The van der Waals surface area contributed by atoms with Gasteiger partial charge in [0.25, 0.3) is 0 Å². The Morgan fingerprint density at radius 1 is 1.00 bits per heavy atom. The van der Waals surface area contributed by atoms with E-state index in [1.807, 2.05) is 13.8 Å². The molecule has 0 N–H and O–H groups in total. The summed E-state index contributed by atoms with van der Waals surface area (Å²) in [7, 11) is 0. The van der Waals surface area contributed by atoms with Crippen LogP contribution in [0.3, 0.4) is 0 Å². The molecule has 0 aliphatic rings. The van der Waals surface area contributed by atoms with E-state index in [1.165, 1.54) is 6.08 Å². The topological polar surface area (TPSA) is 52.6 Å².